The van der Waals surface area contributed by atoms with Crippen LogP contribution in [0.3, 0.4) is 0 Å². The molecule has 3 aliphatic heterocycles. The number of hydrogen-bond donors (Lipinski definition) is 1. The minimum Gasteiger partial charge on any atom is -0.379 e. The maximum atomic E-state index is 5.51. The first-order valence-corrected chi connectivity index (χ1v) is 10.9. The molecule has 0 aromatic heterocycles. The third kappa shape index (κ3) is 6.19. The van der Waals surface area contributed by atoms with Crippen molar-refractivity contribution in [3.05, 3.63) is 0 Å². The van der Waals surface area contributed by atoms with E-state index in [9.17, 15) is 0 Å². The highest BCUT2D eigenvalue weighted by atomic mass is 127. The van der Waals surface area contributed by atoms with Gasteiger partial charge in [-0.2, -0.15) is 0 Å². The van der Waals surface area contributed by atoms with Gasteiger partial charge in [0.05, 0.1) is 13.2 Å². The molecule has 3 heterocycles. The highest BCUT2D eigenvalue weighted by Gasteiger charge is 2.34. The minimum atomic E-state index is 0. The van der Waals surface area contributed by atoms with Crippen LogP contribution in [0, 0.1) is 11.8 Å². The number of nitrogens with one attached hydrogen (secondary N) is 1. The minimum absolute atomic E-state index is 0. The van der Waals surface area contributed by atoms with Crippen molar-refractivity contribution in [3.8, 4) is 0 Å². The Bertz CT molecular complexity index is 499. The van der Waals surface area contributed by atoms with Gasteiger partial charge < -0.3 is 15.0 Å². The standard InChI is InChI=1S/C21H41N5O.HI/c1-17-12-18(2)14-26(13-17)21(3,4)16-23-20(22-5)25-7-6-19(15-25)24-8-10-27-11-9-24;/h17-19H,6-16H2,1-5H3,(H,22,23);1H. The van der Waals surface area contributed by atoms with Crippen LogP contribution in [0.2, 0.25) is 0 Å². The molecule has 3 unspecified atom stereocenters. The first-order valence-electron chi connectivity index (χ1n) is 10.9. The predicted molar refractivity (Wildman–Crippen MR) is 128 cm³/mol. The molecule has 3 atom stereocenters. The second-order valence-electron chi connectivity index (χ2n) is 9.60. The van der Waals surface area contributed by atoms with Crippen LogP contribution in [0.1, 0.15) is 40.5 Å². The smallest absolute Gasteiger partial charge is 0.193 e. The summed E-state index contributed by atoms with van der Waals surface area (Å²) in [6, 6.07) is 0.643. The fourth-order valence-corrected chi connectivity index (χ4v) is 5.07. The zero-order chi connectivity index (χ0) is 19.4. The Morgan fingerprint density at radius 1 is 1.07 bits per heavy atom. The monoisotopic (exact) mass is 507 g/mol. The molecule has 28 heavy (non-hydrogen) atoms. The maximum Gasteiger partial charge on any atom is 0.193 e. The van der Waals surface area contributed by atoms with Crippen LogP contribution >= 0.6 is 24.0 Å². The van der Waals surface area contributed by atoms with Gasteiger partial charge in [0.15, 0.2) is 5.96 Å². The first-order chi connectivity index (χ1) is 12.9. The molecule has 3 rings (SSSR count). The highest BCUT2D eigenvalue weighted by Crippen LogP contribution is 2.27. The van der Waals surface area contributed by atoms with Gasteiger partial charge in [-0.3, -0.25) is 14.8 Å². The van der Waals surface area contributed by atoms with Gasteiger partial charge in [0.2, 0.25) is 0 Å². The van der Waals surface area contributed by atoms with E-state index in [-0.39, 0.29) is 29.5 Å². The van der Waals surface area contributed by atoms with Crippen LogP contribution in [0.15, 0.2) is 4.99 Å². The van der Waals surface area contributed by atoms with Crippen LogP contribution in [-0.4, -0.2) is 98.3 Å². The molecule has 0 aliphatic carbocycles. The first kappa shape index (κ1) is 24.2. The second kappa shape index (κ2) is 10.8. The van der Waals surface area contributed by atoms with Gasteiger partial charge >= 0.3 is 0 Å². The zero-order valence-electron chi connectivity index (χ0n) is 18.6. The average Bonchev–Trinajstić information content (AvgIpc) is 3.12. The molecule has 0 aromatic carbocycles. The molecule has 7 heteroatoms. The molecule has 164 valence electrons. The summed E-state index contributed by atoms with van der Waals surface area (Å²) >= 11 is 0. The van der Waals surface area contributed by atoms with Gasteiger partial charge in [0, 0.05) is 64.4 Å². The van der Waals surface area contributed by atoms with E-state index < -0.39 is 0 Å². The zero-order valence-corrected chi connectivity index (χ0v) is 20.9. The summed E-state index contributed by atoms with van der Waals surface area (Å²) in [6.45, 7) is 19.0. The van der Waals surface area contributed by atoms with Crippen molar-refractivity contribution in [2.45, 2.75) is 52.1 Å². The largest absolute Gasteiger partial charge is 0.379 e. The molecule has 3 fully saturated rings. The Labute approximate surface area is 189 Å². The van der Waals surface area contributed by atoms with Crippen molar-refractivity contribution in [2.24, 2.45) is 16.8 Å². The van der Waals surface area contributed by atoms with E-state index in [0.717, 1.165) is 63.7 Å². The topological polar surface area (TPSA) is 43.3 Å². The van der Waals surface area contributed by atoms with Crippen molar-refractivity contribution in [3.63, 3.8) is 0 Å². The van der Waals surface area contributed by atoms with Crippen molar-refractivity contribution in [1.82, 2.24) is 20.0 Å². The van der Waals surface area contributed by atoms with Gasteiger partial charge in [0.1, 0.15) is 0 Å². The van der Waals surface area contributed by atoms with E-state index in [0.29, 0.717) is 6.04 Å². The molecular weight excluding hydrogens is 465 g/mol. The number of morpholine rings is 1. The molecule has 1 N–H and O–H groups in total. The van der Waals surface area contributed by atoms with Gasteiger partial charge in [-0.1, -0.05) is 13.8 Å². The Balaban J connectivity index is 0.00000280. The number of hydrogen-bond acceptors (Lipinski definition) is 4. The molecule has 3 saturated heterocycles. The molecule has 0 amide bonds. The van der Waals surface area contributed by atoms with E-state index in [2.05, 4.69) is 52.7 Å². The van der Waals surface area contributed by atoms with Crippen molar-refractivity contribution >= 4 is 29.9 Å². The number of aliphatic imine (C=N–C) groups is 1. The molecular formula is C21H42IN5O. The summed E-state index contributed by atoms with van der Waals surface area (Å²) in [4.78, 5) is 12.3. The summed E-state index contributed by atoms with van der Waals surface area (Å²) in [7, 11) is 1.92. The Kier molecular flexibility index (Phi) is 9.29. The molecule has 6 nitrogen and oxygen atoms in total. The molecule has 0 aromatic rings. The van der Waals surface area contributed by atoms with Gasteiger partial charge in [-0.15, -0.1) is 24.0 Å². The summed E-state index contributed by atoms with van der Waals surface area (Å²) < 4.78 is 5.51. The van der Waals surface area contributed by atoms with Gasteiger partial charge in [-0.25, -0.2) is 0 Å². The lowest BCUT2D eigenvalue weighted by molar-refractivity contribution is 0.0194. The second-order valence-corrected chi connectivity index (χ2v) is 9.60. The Morgan fingerprint density at radius 3 is 2.32 bits per heavy atom. The van der Waals surface area contributed by atoms with Gasteiger partial charge in [0.25, 0.3) is 0 Å². The Hall–Kier alpha value is -0.120. The van der Waals surface area contributed by atoms with E-state index in [1.54, 1.807) is 0 Å². The van der Waals surface area contributed by atoms with Crippen LogP contribution in [-0.2, 0) is 4.74 Å². The number of nitrogens with zero attached hydrogens (tertiary/aromatic N) is 4. The van der Waals surface area contributed by atoms with E-state index in [1.807, 2.05) is 7.05 Å². The summed E-state index contributed by atoms with van der Waals surface area (Å²) in [5, 5.41) is 3.69. The quantitative estimate of drug-likeness (QED) is 0.360. The third-order valence-corrected chi connectivity index (χ3v) is 6.64. The number of likely N-dealkylation sites (tertiary alicyclic amines) is 2. The molecule has 0 bridgehead atoms. The molecule has 3 aliphatic rings. The average molecular weight is 508 g/mol. The van der Waals surface area contributed by atoms with E-state index in [1.165, 1.54) is 25.9 Å². The van der Waals surface area contributed by atoms with Crippen LogP contribution in [0.25, 0.3) is 0 Å². The summed E-state index contributed by atoms with van der Waals surface area (Å²) in [6.07, 6.45) is 2.59. The predicted octanol–water partition coefficient (Wildman–Crippen LogP) is 2.34. The number of piperidine rings is 1. The number of halogens is 1. The molecule has 0 spiro atoms. The van der Waals surface area contributed by atoms with Crippen LogP contribution in [0.4, 0.5) is 0 Å². The number of guanidine groups is 1. The maximum absolute atomic E-state index is 5.51. The van der Waals surface area contributed by atoms with Crippen LogP contribution < -0.4 is 5.32 Å². The molecule has 0 saturated carbocycles. The third-order valence-electron chi connectivity index (χ3n) is 6.64. The number of ether oxygens (including phenoxy) is 1. The van der Waals surface area contributed by atoms with Crippen LogP contribution in [0.5, 0.6) is 0 Å². The fourth-order valence-electron chi connectivity index (χ4n) is 5.07. The summed E-state index contributed by atoms with van der Waals surface area (Å²) in [5.74, 6) is 2.65. The number of rotatable bonds is 4. The SMILES string of the molecule is CN=C(NCC(C)(C)N1CC(C)CC(C)C1)N1CCC(N2CCOCC2)C1.I. The van der Waals surface area contributed by atoms with E-state index in [4.69, 9.17) is 4.74 Å². The molecule has 0 radical (unpaired) electrons. The normalized spacial score (nSPS) is 31.0. The summed E-state index contributed by atoms with van der Waals surface area (Å²) in [5.41, 5.74) is 0.141. The van der Waals surface area contributed by atoms with Crippen molar-refractivity contribution in [2.75, 3.05) is 66.1 Å². The van der Waals surface area contributed by atoms with Crippen molar-refractivity contribution in [1.29, 1.82) is 0 Å². The van der Waals surface area contributed by atoms with Crippen molar-refractivity contribution < 1.29 is 4.74 Å². The van der Waals surface area contributed by atoms with Gasteiger partial charge in [-0.05, 0) is 38.5 Å². The lowest BCUT2D eigenvalue weighted by Crippen LogP contribution is -2.57. The lowest BCUT2D eigenvalue weighted by atomic mass is 9.88. The van der Waals surface area contributed by atoms with E-state index >= 15 is 0 Å². The fraction of sp³-hybridized carbons (Fsp3) is 0.952. The lowest BCUT2D eigenvalue weighted by Gasteiger charge is -2.45. The highest BCUT2D eigenvalue weighted by molar-refractivity contribution is 14.0. The Morgan fingerprint density at radius 2 is 1.71 bits per heavy atom.